The van der Waals surface area contributed by atoms with Gasteiger partial charge < -0.3 is 14.8 Å². The number of carbonyl (C=O) groups excluding carboxylic acids is 3. The molecule has 26 heavy (non-hydrogen) atoms. The first kappa shape index (κ1) is 19.8. The van der Waals surface area contributed by atoms with Crippen LogP contribution in [0.25, 0.3) is 0 Å². The Kier molecular flexibility index (Phi) is 5.90. The molecule has 0 saturated carbocycles. The van der Waals surface area contributed by atoms with E-state index in [-0.39, 0.29) is 6.61 Å². The monoisotopic (exact) mass is 362 g/mol. The summed E-state index contributed by atoms with van der Waals surface area (Å²) in [6.45, 7) is 7.24. The third-order valence-electron chi connectivity index (χ3n) is 4.67. The van der Waals surface area contributed by atoms with Crippen molar-refractivity contribution in [1.82, 2.24) is 10.2 Å². The number of aryl methyl sites for hydroxylation is 1. The van der Waals surface area contributed by atoms with Crippen molar-refractivity contribution in [1.29, 1.82) is 0 Å². The highest BCUT2D eigenvalue weighted by Crippen LogP contribution is 2.32. The largest absolute Gasteiger partial charge is 0.496 e. The molecular weight excluding hydrogens is 336 g/mol. The van der Waals surface area contributed by atoms with E-state index in [2.05, 4.69) is 5.32 Å². The number of amides is 3. The van der Waals surface area contributed by atoms with Gasteiger partial charge >= 0.3 is 12.0 Å². The van der Waals surface area contributed by atoms with E-state index >= 15 is 0 Å². The zero-order valence-electron chi connectivity index (χ0n) is 15.9. The highest BCUT2D eigenvalue weighted by molar-refractivity contribution is 6.09. The molecule has 0 radical (unpaired) electrons. The Morgan fingerprint density at radius 3 is 2.62 bits per heavy atom. The smallest absolute Gasteiger partial charge is 0.329 e. The summed E-state index contributed by atoms with van der Waals surface area (Å²) in [6.07, 6.45) is 1.63. The first-order chi connectivity index (χ1) is 12.3. The standard InChI is InChI=1S/C19H26N2O5/c1-6-7-10-26-16(22)13(3)21-17(23)19(4,20-18(21)24)14-8-9-15(25-5)12(2)11-14/h8-9,11,13H,6-7,10H2,1-5H3,(H,20,24). The van der Waals surface area contributed by atoms with E-state index in [1.165, 1.54) is 6.92 Å². The van der Waals surface area contributed by atoms with Crippen LogP contribution in [0.3, 0.4) is 0 Å². The average molecular weight is 362 g/mol. The molecular formula is C19H26N2O5. The number of unbranched alkanes of at least 4 members (excludes halogenated alkanes) is 1. The second-order valence-electron chi connectivity index (χ2n) is 6.61. The van der Waals surface area contributed by atoms with Crippen molar-refractivity contribution in [3.63, 3.8) is 0 Å². The first-order valence-electron chi connectivity index (χ1n) is 8.73. The second-order valence-corrected chi connectivity index (χ2v) is 6.61. The predicted octanol–water partition coefficient (Wildman–Crippen LogP) is 2.50. The fourth-order valence-corrected chi connectivity index (χ4v) is 2.94. The van der Waals surface area contributed by atoms with Gasteiger partial charge in [0, 0.05) is 0 Å². The number of rotatable bonds is 7. The Bertz CT molecular complexity index is 718. The summed E-state index contributed by atoms with van der Waals surface area (Å²) in [5, 5.41) is 2.70. The summed E-state index contributed by atoms with van der Waals surface area (Å²) < 4.78 is 10.4. The number of urea groups is 1. The van der Waals surface area contributed by atoms with Crippen LogP contribution in [0.2, 0.25) is 0 Å². The molecule has 7 heteroatoms. The lowest BCUT2D eigenvalue weighted by Crippen LogP contribution is -2.46. The van der Waals surface area contributed by atoms with Crippen molar-refractivity contribution in [3.8, 4) is 5.75 Å². The van der Waals surface area contributed by atoms with Gasteiger partial charge in [-0.1, -0.05) is 19.4 Å². The molecule has 0 aliphatic carbocycles. The highest BCUT2D eigenvalue weighted by atomic mass is 16.5. The van der Waals surface area contributed by atoms with E-state index in [9.17, 15) is 14.4 Å². The van der Waals surface area contributed by atoms with Gasteiger partial charge in [-0.2, -0.15) is 0 Å². The number of hydrogen-bond donors (Lipinski definition) is 1. The maximum absolute atomic E-state index is 13.0. The second kappa shape index (κ2) is 7.76. The molecule has 1 aromatic carbocycles. The third kappa shape index (κ3) is 3.52. The van der Waals surface area contributed by atoms with Gasteiger partial charge in [-0.3, -0.25) is 4.79 Å². The number of nitrogens with one attached hydrogen (secondary N) is 1. The number of benzene rings is 1. The molecule has 1 heterocycles. The van der Waals surface area contributed by atoms with E-state index in [1.54, 1.807) is 32.2 Å². The molecule has 7 nitrogen and oxygen atoms in total. The van der Waals surface area contributed by atoms with Gasteiger partial charge in [-0.25, -0.2) is 14.5 Å². The number of esters is 1. The molecule has 0 spiro atoms. The van der Waals surface area contributed by atoms with E-state index < -0.39 is 29.5 Å². The zero-order chi connectivity index (χ0) is 19.5. The van der Waals surface area contributed by atoms with E-state index in [1.807, 2.05) is 13.8 Å². The van der Waals surface area contributed by atoms with E-state index in [0.29, 0.717) is 11.3 Å². The molecule has 2 atom stereocenters. The van der Waals surface area contributed by atoms with E-state index in [4.69, 9.17) is 9.47 Å². The number of nitrogens with zero attached hydrogens (tertiary/aromatic N) is 1. The van der Waals surface area contributed by atoms with Gasteiger partial charge in [0.1, 0.15) is 17.3 Å². The maximum atomic E-state index is 13.0. The number of ether oxygens (including phenoxy) is 2. The van der Waals surface area contributed by atoms with Crippen molar-refractivity contribution in [2.45, 2.75) is 52.1 Å². The third-order valence-corrected chi connectivity index (χ3v) is 4.67. The van der Waals surface area contributed by atoms with Crippen LogP contribution in [0, 0.1) is 6.92 Å². The predicted molar refractivity (Wildman–Crippen MR) is 95.8 cm³/mol. The molecule has 3 amide bonds. The van der Waals surface area contributed by atoms with Crippen LogP contribution in [0.1, 0.15) is 44.7 Å². The van der Waals surface area contributed by atoms with Crippen molar-refractivity contribution >= 4 is 17.9 Å². The normalized spacial score (nSPS) is 20.7. The Labute approximate surface area is 153 Å². The summed E-state index contributed by atoms with van der Waals surface area (Å²) in [5.41, 5.74) is 0.230. The van der Waals surface area contributed by atoms with Crippen LogP contribution in [-0.2, 0) is 19.9 Å². The molecule has 0 aromatic heterocycles. The number of carbonyl (C=O) groups is 3. The summed E-state index contributed by atoms with van der Waals surface area (Å²) in [7, 11) is 1.57. The van der Waals surface area contributed by atoms with Crippen molar-refractivity contribution in [2.24, 2.45) is 0 Å². The lowest BCUT2D eigenvalue weighted by Gasteiger charge is -2.24. The molecule has 2 unspecified atom stereocenters. The fraction of sp³-hybridized carbons (Fsp3) is 0.526. The number of methoxy groups -OCH3 is 1. The van der Waals surface area contributed by atoms with Crippen molar-refractivity contribution < 1.29 is 23.9 Å². The SMILES string of the molecule is CCCCOC(=O)C(C)N1C(=O)NC(C)(c2ccc(OC)c(C)c2)C1=O. The van der Waals surface area contributed by atoms with Gasteiger partial charge in [0.15, 0.2) is 0 Å². The van der Waals surface area contributed by atoms with E-state index in [0.717, 1.165) is 23.3 Å². The number of hydrogen-bond acceptors (Lipinski definition) is 5. The van der Waals surface area contributed by atoms with Crippen LogP contribution in [0.4, 0.5) is 4.79 Å². The van der Waals surface area contributed by atoms with Gasteiger partial charge in [0.25, 0.3) is 5.91 Å². The Hall–Kier alpha value is -2.57. The van der Waals surface area contributed by atoms with Gasteiger partial charge in [0.05, 0.1) is 13.7 Å². The quantitative estimate of drug-likeness (QED) is 0.458. The van der Waals surface area contributed by atoms with Gasteiger partial charge in [-0.05, 0) is 50.5 Å². The molecule has 0 bridgehead atoms. The fourth-order valence-electron chi connectivity index (χ4n) is 2.94. The minimum Gasteiger partial charge on any atom is -0.496 e. The topological polar surface area (TPSA) is 84.9 Å². The van der Waals surface area contributed by atoms with Gasteiger partial charge in [0.2, 0.25) is 0 Å². The Morgan fingerprint density at radius 2 is 2.04 bits per heavy atom. The molecule has 2 rings (SSSR count). The Morgan fingerprint density at radius 1 is 1.35 bits per heavy atom. The molecule has 1 aromatic rings. The molecule has 1 aliphatic rings. The first-order valence-corrected chi connectivity index (χ1v) is 8.73. The van der Waals surface area contributed by atoms with Crippen LogP contribution in [-0.4, -0.2) is 42.6 Å². The van der Waals surface area contributed by atoms with Crippen molar-refractivity contribution in [3.05, 3.63) is 29.3 Å². The molecule has 1 fully saturated rings. The minimum atomic E-state index is -1.24. The lowest BCUT2D eigenvalue weighted by molar-refractivity contribution is -0.152. The molecule has 142 valence electrons. The lowest BCUT2D eigenvalue weighted by atomic mass is 9.90. The molecule has 1 N–H and O–H groups in total. The van der Waals surface area contributed by atoms with Crippen LogP contribution in [0.15, 0.2) is 18.2 Å². The van der Waals surface area contributed by atoms with Crippen LogP contribution in [0.5, 0.6) is 5.75 Å². The number of imide groups is 1. The summed E-state index contributed by atoms with van der Waals surface area (Å²) in [4.78, 5) is 38.5. The van der Waals surface area contributed by atoms with Crippen LogP contribution < -0.4 is 10.1 Å². The van der Waals surface area contributed by atoms with Gasteiger partial charge in [-0.15, -0.1) is 0 Å². The molecule has 1 aliphatic heterocycles. The maximum Gasteiger partial charge on any atom is 0.329 e. The zero-order valence-corrected chi connectivity index (χ0v) is 15.9. The average Bonchev–Trinajstić information content (AvgIpc) is 2.84. The Balaban J connectivity index is 2.24. The summed E-state index contributed by atoms with van der Waals surface area (Å²) in [6, 6.07) is 3.69. The molecule has 1 saturated heterocycles. The van der Waals surface area contributed by atoms with Crippen molar-refractivity contribution in [2.75, 3.05) is 13.7 Å². The summed E-state index contributed by atoms with van der Waals surface area (Å²) in [5.74, 6) is -0.372. The summed E-state index contributed by atoms with van der Waals surface area (Å²) >= 11 is 0. The minimum absolute atomic E-state index is 0.276. The van der Waals surface area contributed by atoms with Crippen LogP contribution >= 0.6 is 0 Å². The highest BCUT2D eigenvalue weighted by Gasteiger charge is 2.52.